The monoisotopic (exact) mass is 558 g/mol. The van der Waals surface area contributed by atoms with Crippen LogP contribution in [0.1, 0.15) is 11.3 Å². The number of benzene rings is 5. The molecule has 0 spiro atoms. The fourth-order valence-electron chi connectivity index (χ4n) is 5.49. The average molecular weight is 559 g/mol. The van der Waals surface area contributed by atoms with E-state index in [0.29, 0.717) is 11.4 Å². The second-order valence-corrected chi connectivity index (χ2v) is 10.5. The number of rotatable bonds is 8. The zero-order chi connectivity index (χ0) is 29.0. The Morgan fingerprint density at radius 3 is 2.05 bits per heavy atom. The maximum atomic E-state index is 11.4. The van der Waals surface area contributed by atoms with Crippen molar-refractivity contribution in [2.45, 2.75) is 12.8 Å². The van der Waals surface area contributed by atoms with Gasteiger partial charge >= 0.3 is 0 Å². The third-order valence-electron chi connectivity index (χ3n) is 7.64. The first-order valence-corrected chi connectivity index (χ1v) is 14.4. The van der Waals surface area contributed by atoms with E-state index in [2.05, 4.69) is 70.4 Å². The summed E-state index contributed by atoms with van der Waals surface area (Å²) in [5.41, 5.74) is 6.01. The Balaban J connectivity index is 1.12. The minimum atomic E-state index is 0.242. The first kappa shape index (κ1) is 26.2. The molecule has 5 aromatic carbocycles. The molecule has 0 radical (unpaired) electrons. The lowest BCUT2D eigenvalue weighted by molar-refractivity contribution is 0.483. The maximum absolute atomic E-state index is 11.4. The number of fused-ring (bicyclic) bond motifs is 1. The number of aromatic nitrogens is 4. The van der Waals surface area contributed by atoms with Crippen LogP contribution in [-0.4, -0.2) is 24.2 Å². The average Bonchev–Trinajstić information content (AvgIpc) is 3.73. The normalized spacial score (nSPS) is 11.4. The molecule has 0 bridgehead atoms. The molecule has 7 rings (SSSR count). The number of allylic oxidation sites excluding steroid dienone is 2. The van der Waals surface area contributed by atoms with E-state index in [-0.39, 0.29) is 5.75 Å². The molecule has 208 valence electrons. The van der Waals surface area contributed by atoms with E-state index in [1.807, 2.05) is 89.6 Å². The van der Waals surface area contributed by atoms with Gasteiger partial charge in [0, 0.05) is 47.3 Å². The molecule has 7 aromatic rings. The molecular weight excluding hydrogens is 528 g/mol. The van der Waals surface area contributed by atoms with Crippen LogP contribution >= 0.6 is 0 Å². The fourth-order valence-corrected chi connectivity index (χ4v) is 5.49. The minimum absolute atomic E-state index is 0.242. The van der Waals surface area contributed by atoms with E-state index in [0.717, 1.165) is 57.6 Å². The molecule has 0 saturated heterocycles. The Labute approximate surface area is 250 Å². The Kier molecular flexibility index (Phi) is 7.12. The third-order valence-corrected chi connectivity index (χ3v) is 7.64. The summed E-state index contributed by atoms with van der Waals surface area (Å²) >= 11 is 0. The minimum Gasteiger partial charge on any atom is -0.507 e. The molecular formula is C38H30N4O. The number of imidazole rings is 2. The molecule has 0 saturated carbocycles. The van der Waals surface area contributed by atoms with E-state index >= 15 is 0 Å². The molecule has 0 fully saturated rings. The van der Waals surface area contributed by atoms with E-state index in [4.69, 9.17) is 4.98 Å². The number of phenolic OH excluding ortho intramolecular Hbond substituents is 1. The molecule has 1 N–H and O–H groups in total. The lowest BCUT2D eigenvalue weighted by atomic mass is 10.0. The van der Waals surface area contributed by atoms with Crippen LogP contribution in [0.15, 0.2) is 152 Å². The molecule has 43 heavy (non-hydrogen) atoms. The second-order valence-electron chi connectivity index (χ2n) is 10.5. The van der Waals surface area contributed by atoms with Gasteiger partial charge in [0.2, 0.25) is 0 Å². The van der Waals surface area contributed by atoms with Gasteiger partial charge in [0.15, 0.2) is 0 Å². The Morgan fingerprint density at radius 2 is 1.30 bits per heavy atom. The van der Waals surface area contributed by atoms with Crippen LogP contribution in [0.3, 0.4) is 0 Å². The summed E-state index contributed by atoms with van der Waals surface area (Å²) < 4.78 is 4.15. The van der Waals surface area contributed by atoms with Gasteiger partial charge in [0.1, 0.15) is 17.4 Å². The van der Waals surface area contributed by atoms with Crippen LogP contribution in [0.4, 0.5) is 0 Å². The van der Waals surface area contributed by atoms with Gasteiger partial charge in [-0.15, -0.1) is 0 Å². The topological polar surface area (TPSA) is 55.9 Å². The predicted molar refractivity (Wildman–Crippen MR) is 174 cm³/mol. The van der Waals surface area contributed by atoms with Crippen molar-refractivity contribution in [3.05, 3.63) is 163 Å². The molecule has 5 heteroatoms. The van der Waals surface area contributed by atoms with Crippen LogP contribution in [0.2, 0.25) is 0 Å². The molecule has 2 aromatic heterocycles. The molecule has 2 heterocycles. The SMILES string of the molecule is Oc1c(-c2nccn2-c2ccccc2)ccc2ccc(C/C=C\Cc3cn(-c4ccccc4)c(-c4ccccc4)n3)cc12. The molecule has 0 unspecified atom stereocenters. The standard InChI is InChI=1S/C38H30N4O/c43-36-34(38-39-24-25-41(38)32-16-6-2-7-17-32)23-22-29-21-20-28(26-35(29)36)12-10-11-15-31-27-42(33-18-8-3-9-19-33)37(40-31)30-13-4-1-5-14-30/h1-11,13-14,16-27,43H,12,15H2/b11-10-. The zero-order valence-corrected chi connectivity index (χ0v) is 23.6. The molecule has 0 aliphatic rings. The smallest absolute Gasteiger partial charge is 0.148 e. The number of para-hydroxylation sites is 2. The Morgan fingerprint density at radius 1 is 0.651 bits per heavy atom. The summed E-state index contributed by atoms with van der Waals surface area (Å²) in [6, 6.07) is 40.9. The summed E-state index contributed by atoms with van der Waals surface area (Å²) in [4.78, 5) is 9.56. The van der Waals surface area contributed by atoms with E-state index in [1.54, 1.807) is 6.20 Å². The highest BCUT2D eigenvalue weighted by Gasteiger charge is 2.15. The summed E-state index contributed by atoms with van der Waals surface area (Å²) in [6.45, 7) is 0. The van der Waals surface area contributed by atoms with E-state index < -0.39 is 0 Å². The number of hydrogen-bond donors (Lipinski definition) is 1. The number of aromatic hydroxyl groups is 1. The van der Waals surface area contributed by atoms with Crippen LogP contribution in [0.5, 0.6) is 5.75 Å². The van der Waals surface area contributed by atoms with Crippen molar-refractivity contribution in [3.63, 3.8) is 0 Å². The first-order valence-electron chi connectivity index (χ1n) is 14.4. The van der Waals surface area contributed by atoms with E-state index in [9.17, 15) is 5.11 Å². The highest BCUT2D eigenvalue weighted by Crippen LogP contribution is 2.36. The largest absolute Gasteiger partial charge is 0.507 e. The number of nitrogens with zero attached hydrogens (tertiary/aromatic N) is 4. The van der Waals surface area contributed by atoms with Gasteiger partial charge in [-0.2, -0.15) is 0 Å². The van der Waals surface area contributed by atoms with Crippen molar-refractivity contribution in [1.29, 1.82) is 0 Å². The van der Waals surface area contributed by atoms with Gasteiger partial charge in [-0.3, -0.25) is 9.13 Å². The lowest BCUT2D eigenvalue weighted by Crippen LogP contribution is -1.96. The van der Waals surface area contributed by atoms with Gasteiger partial charge in [-0.25, -0.2) is 9.97 Å². The Bertz CT molecular complexity index is 1970. The van der Waals surface area contributed by atoms with Gasteiger partial charge in [-0.05, 0) is 53.8 Å². The second kappa shape index (κ2) is 11.7. The van der Waals surface area contributed by atoms with Crippen LogP contribution < -0.4 is 0 Å². The molecule has 0 aliphatic carbocycles. The Hall–Kier alpha value is -5.68. The van der Waals surface area contributed by atoms with Crippen LogP contribution in [0, 0.1) is 0 Å². The summed E-state index contributed by atoms with van der Waals surface area (Å²) in [7, 11) is 0. The third kappa shape index (κ3) is 5.36. The first-order chi connectivity index (χ1) is 21.2. The van der Waals surface area contributed by atoms with Crippen molar-refractivity contribution in [3.8, 4) is 39.9 Å². The summed E-state index contributed by atoms with van der Waals surface area (Å²) in [5.74, 6) is 1.89. The quantitative estimate of drug-likeness (QED) is 0.190. The summed E-state index contributed by atoms with van der Waals surface area (Å²) in [5, 5.41) is 13.2. The predicted octanol–water partition coefficient (Wildman–Crippen LogP) is 8.59. The lowest BCUT2D eigenvalue weighted by Gasteiger charge is -2.12. The molecule has 5 nitrogen and oxygen atoms in total. The van der Waals surface area contributed by atoms with Crippen molar-refractivity contribution in [2.75, 3.05) is 0 Å². The van der Waals surface area contributed by atoms with Crippen molar-refractivity contribution in [2.24, 2.45) is 0 Å². The highest BCUT2D eigenvalue weighted by molar-refractivity contribution is 5.94. The number of phenols is 1. The van der Waals surface area contributed by atoms with Crippen LogP contribution in [0.25, 0.3) is 44.9 Å². The van der Waals surface area contributed by atoms with Gasteiger partial charge in [-0.1, -0.05) is 97.1 Å². The zero-order valence-electron chi connectivity index (χ0n) is 23.6. The van der Waals surface area contributed by atoms with Crippen LogP contribution in [-0.2, 0) is 12.8 Å². The molecule has 0 amide bonds. The molecule has 0 atom stereocenters. The van der Waals surface area contributed by atoms with Crippen molar-refractivity contribution < 1.29 is 5.11 Å². The fraction of sp³-hybridized carbons (Fsp3) is 0.0526. The van der Waals surface area contributed by atoms with Gasteiger partial charge in [0.05, 0.1) is 11.3 Å². The van der Waals surface area contributed by atoms with Crippen molar-refractivity contribution in [1.82, 2.24) is 19.1 Å². The highest BCUT2D eigenvalue weighted by atomic mass is 16.3. The van der Waals surface area contributed by atoms with Gasteiger partial charge < -0.3 is 5.11 Å². The van der Waals surface area contributed by atoms with E-state index in [1.165, 1.54) is 0 Å². The maximum Gasteiger partial charge on any atom is 0.148 e. The van der Waals surface area contributed by atoms with Gasteiger partial charge in [0.25, 0.3) is 0 Å². The summed E-state index contributed by atoms with van der Waals surface area (Å²) in [6.07, 6.45) is 11.6. The number of hydrogen-bond acceptors (Lipinski definition) is 3. The van der Waals surface area contributed by atoms with Crippen molar-refractivity contribution >= 4 is 10.8 Å². The molecule has 0 aliphatic heterocycles.